The summed E-state index contributed by atoms with van der Waals surface area (Å²) in [4.78, 5) is 40.6. The van der Waals surface area contributed by atoms with Gasteiger partial charge in [0.2, 0.25) is 0 Å². The molecule has 1 amide bonds. The lowest BCUT2D eigenvalue weighted by Crippen LogP contribution is -2.52. The number of carbonyl (C=O) groups excluding carboxylic acids is 1. The molecule has 2 aliphatic rings. The highest BCUT2D eigenvalue weighted by molar-refractivity contribution is 5.99. The molecule has 0 radical (unpaired) electrons. The molecule has 0 aliphatic carbocycles. The van der Waals surface area contributed by atoms with Crippen LogP contribution in [0.5, 0.6) is 11.5 Å². The Morgan fingerprint density at radius 2 is 2.07 bits per heavy atom. The van der Waals surface area contributed by atoms with Crippen LogP contribution in [0.1, 0.15) is 30.1 Å². The monoisotopic (exact) mass is 385 g/mol. The van der Waals surface area contributed by atoms with Crippen LogP contribution in [0.2, 0.25) is 0 Å². The number of nitrogens with zero attached hydrogens (tertiary/aromatic N) is 2. The lowest BCUT2D eigenvalue weighted by Gasteiger charge is -2.37. The zero-order chi connectivity index (χ0) is 19.8. The zero-order valence-electron chi connectivity index (χ0n) is 15.7. The van der Waals surface area contributed by atoms with Crippen molar-refractivity contribution in [3.05, 3.63) is 44.2 Å². The first kappa shape index (κ1) is 18.5. The Bertz CT molecular complexity index is 979. The summed E-state index contributed by atoms with van der Waals surface area (Å²) in [5.41, 5.74) is -1.01. The Kier molecular flexibility index (Phi) is 4.80. The highest BCUT2D eigenvalue weighted by Crippen LogP contribution is 2.33. The van der Waals surface area contributed by atoms with E-state index in [1.165, 1.54) is 0 Å². The number of hydrogen-bond acceptors (Lipinski definition) is 7. The van der Waals surface area contributed by atoms with Crippen molar-refractivity contribution in [2.75, 3.05) is 38.1 Å². The van der Waals surface area contributed by atoms with E-state index in [1.807, 2.05) is 0 Å². The second-order valence-electron chi connectivity index (χ2n) is 7.21. The summed E-state index contributed by atoms with van der Waals surface area (Å²) in [7, 11) is 0. The highest BCUT2D eigenvalue weighted by Gasteiger charge is 2.33. The molecular formula is C20H23N3O5. The number of carbonyl (C=O) groups is 1. The van der Waals surface area contributed by atoms with Crippen molar-refractivity contribution >= 4 is 17.3 Å². The molecule has 2 aromatic rings. The van der Waals surface area contributed by atoms with Crippen molar-refractivity contribution in [1.29, 1.82) is 0 Å². The molecule has 2 N–H and O–H groups in total. The molecule has 0 aromatic heterocycles. The quantitative estimate of drug-likeness (QED) is 0.586. The van der Waals surface area contributed by atoms with Gasteiger partial charge in [0.25, 0.3) is 16.8 Å². The maximum Gasteiger partial charge on any atom is 0.272 e. The van der Waals surface area contributed by atoms with Gasteiger partial charge in [-0.3, -0.25) is 19.3 Å². The van der Waals surface area contributed by atoms with Crippen molar-refractivity contribution in [3.8, 4) is 11.5 Å². The number of nitrogens with one attached hydrogen (secondary N) is 1. The van der Waals surface area contributed by atoms with Crippen LogP contribution in [0.3, 0.4) is 0 Å². The summed E-state index contributed by atoms with van der Waals surface area (Å²) >= 11 is 0. The molecule has 0 saturated carbocycles. The maximum atomic E-state index is 13.0. The van der Waals surface area contributed by atoms with E-state index in [2.05, 4.69) is 10.2 Å². The zero-order valence-corrected chi connectivity index (χ0v) is 15.7. The second kappa shape index (κ2) is 7.27. The molecule has 2 fully saturated rings. The smallest absolute Gasteiger partial charge is 0.272 e. The van der Waals surface area contributed by atoms with Crippen molar-refractivity contribution in [3.63, 3.8) is 0 Å². The Morgan fingerprint density at radius 3 is 2.86 bits per heavy atom. The van der Waals surface area contributed by atoms with Gasteiger partial charge in [0.1, 0.15) is 5.69 Å². The van der Waals surface area contributed by atoms with Crippen molar-refractivity contribution in [1.82, 2.24) is 9.80 Å². The van der Waals surface area contributed by atoms with Crippen molar-refractivity contribution in [2.24, 2.45) is 0 Å². The Morgan fingerprint density at radius 1 is 1.25 bits per heavy atom. The van der Waals surface area contributed by atoms with Crippen LogP contribution in [0.25, 0.3) is 0 Å². The molecule has 8 heteroatoms. The SMILES string of the molecule is CCOc1c(Nc2cccc(C(=O)N3CCN4CCC[C@H]4C3)c2O)c(=O)c1=O. The number of aromatic hydroxyl groups is 1. The number of phenolic OH excluding ortho intramolecular Hbond substituents is 1. The summed E-state index contributed by atoms with van der Waals surface area (Å²) in [5.74, 6) is -0.513. The summed E-state index contributed by atoms with van der Waals surface area (Å²) < 4.78 is 5.18. The molecule has 0 bridgehead atoms. The fourth-order valence-corrected chi connectivity index (χ4v) is 4.06. The third-order valence-corrected chi connectivity index (χ3v) is 5.56. The highest BCUT2D eigenvalue weighted by atomic mass is 16.5. The predicted octanol–water partition coefficient (Wildman–Crippen LogP) is 1.05. The normalized spacial score (nSPS) is 19.6. The minimum Gasteiger partial charge on any atom is -0.505 e. The summed E-state index contributed by atoms with van der Waals surface area (Å²) in [6, 6.07) is 5.13. The van der Waals surface area contributed by atoms with Crippen LogP contribution in [-0.2, 0) is 0 Å². The van der Waals surface area contributed by atoms with Crippen LogP contribution >= 0.6 is 0 Å². The first-order valence-electron chi connectivity index (χ1n) is 9.59. The van der Waals surface area contributed by atoms with E-state index in [0.717, 1.165) is 25.9 Å². The van der Waals surface area contributed by atoms with Gasteiger partial charge in [-0.05, 0) is 38.4 Å². The number of ether oxygens (including phenoxy) is 1. The fraction of sp³-hybridized carbons (Fsp3) is 0.450. The number of fused-ring (bicyclic) bond motifs is 1. The van der Waals surface area contributed by atoms with Crippen molar-refractivity contribution < 1.29 is 14.6 Å². The lowest BCUT2D eigenvalue weighted by molar-refractivity contribution is 0.0568. The summed E-state index contributed by atoms with van der Waals surface area (Å²) in [6.07, 6.45) is 2.24. The standard InChI is InChI=1S/C20H23N3O5/c1-2-28-19-15(17(25)18(19)26)21-14-7-3-6-13(16(14)24)20(27)23-10-9-22-8-4-5-12(22)11-23/h3,6-7,12,21,24H,2,4-5,8-11H2,1H3/t12-/m0/s1. The van der Waals surface area contributed by atoms with Crippen molar-refractivity contribution in [2.45, 2.75) is 25.8 Å². The molecule has 2 aliphatic heterocycles. The summed E-state index contributed by atoms with van der Waals surface area (Å²) in [5, 5.41) is 13.4. The lowest BCUT2D eigenvalue weighted by atomic mass is 10.1. The molecule has 2 heterocycles. The van der Waals surface area contributed by atoms with Gasteiger partial charge < -0.3 is 20.1 Å². The van der Waals surface area contributed by atoms with E-state index in [4.69, 9.17) is 4.74 Å². The van der Waals surface area contributed by atoms with E-state index in [0.29, 0.717) is 19.1 Å². The minimum absolute atomic E-state index is 0.00585. The number of benzene rings is 1. The van der Waals surface area contributed by atoms with Gasteiger partial charge in [-0.25, -0.2) is 0 Å². The molecule has 0 spiro atoms. The van der Waals surface area contributed by atoms with Gasteiger partial charge in [0.05, 0.1) is 17.9 Å². The molecule has 0 unspecified atom stereocenters. The van der Waals surface area contributed by atoms with Crippen LogP contribution in [0, 0.1) is 0 Å². The number of anilines is 2. The average Bonchev–Trinajstić information content (AvgIpc) is 3.18. The van der Waals surface area contributed by atoms with Gasteiger partial charge in [0, 0.05) is 25.7 Å². The van der Waals surface area contributed by atoms with Gasteiger partial charge in [-0.15, -0.1) is 0 Å². The molecule has 8 nitrogen and oxygen atoms in total. The van der Waals surface area contributed by atoms with E-state index in [9.17, 15) is 19.5 Å². The molecule has 28 heavy (non-hydrogen) atoms. The largest absolute Gasteiger partial charge is 0.505 e. The molecular weight excluding hydrogens is 362 g/mol. The van der Waals surface area contributed by atoms with E-state index < -0.39 is 10.9 Å². The number of para-hydroxylation sites is 1. The van der Waals surface area contributed by atoms with E-state index >= 15 is 0 Å². The molecule has 2 aromatic carbocycles. The Labute approximate surface area is 162 Å². The first-order valence-corrected chi connectivity index (χ1v) is 9.59. The molecule has 1 atom stereocenters. The molecule has 148 valence electrons. The van der Waals surface area contributed by atoms with Gasteiger partial charge in [-0.2, -0.15) is 0 Å². The average molecular weight is 385 g/mol. The Hall–Kier alpha value is -2.87. The third kappa shape index (κ3) is 3.03. The number of rotatable bonds is 5. The molecule has 2 saturated heterocycles. The van der Waals surface area contributed by atoms with Gasteiger partial charge in [-0.1, -0.05) is 6.07 Å². The number of amides is 1. The van der Waals surface area contributed by atoms with Crippen LogP contribution in [0.15, 0.2) is 27.8 Å². The van der Waals surface area contributed by atoms with E-state index in [-0.39, 0.29) is 41.0 Å². The van der Waals surface area contributed by atoms with Crippen LogP contribution < -0.4 is 20.9 Å². The Balaban J connectivity index is 1.55. The fourth-order valence-electron chi connectivity index (χ4n) is 4.06. The van der Waals surface area contributed by atoms with E-state index in [1.54, 1.807) is 30.0 Å². The van der Waals surface area contributed by atoms with Gasteiger partial charge >= 0.3 is 0 Å². The number of hydrogen-bond donors (Lipinski definition) is 2. The topological polar surface area (TPSA) is 99.2 Å². The third-order valence-electron chi connectivity index (χ3n) is 5.56. The number of phenols is 1. The first-order chi connectivity index (χ1) is 13.5. The van der Waals surface area contributed by atoms with Crippen LogP contribution in [0.4, 0.5) is 11.4 Å². The molecule has 4 rings (SSSR count). The summed E-state index contributed by atoms with van der Waals surface area (Å²) in [6.45, 7) is 5.16. The number of piperazine rings is 1. The minimum atomic E-state index is -0.697. The van der Waals surface area contributed by atoms with Gasteiger partial charge in [0.15, 0.2) is 11.5 Å². The second-order valence-corrected chi connectivity index (χ2v) is 7.21. The maximum absolute atomic E-state index is 13.0. The predicted molar refractivity (Wildman–Crippen MR) is 104 cm³/mol. The van der Waals surface area contributed by atoms with Crippen LogP contribution in [-0.4, -0.2) is 59.6 Å².